The molecular formula is C57H38N4O. The molecule has 0 amide bonds. The van der Waals surface area contributed by atoms with Gasteiger partial charge in [-0.3, -0.25) is 0 Å². The first-order chi connectivity index (χ1) is 30.6. The number of nitrogens with two attached hydrogens (primary N) is 1. The summed E-state index contributed by atoms with van der Waals surface area (Å²) >= 11 is 0. The van der Waals surface area contributed by atoms with E-state index in [4.69, 9.17) is 25.1 Å². The molecule has 0 aliphatic heterocycles. The second-order valence-corrected chi connectivity index (χ2v) is 15.4. The topological polar surface area (TPSA) is 77.8 Å². The first-order valence-electron chi connectivity index (χ1n) is 20.7. The number of hydrogen-bond acceptors (Lipinski definition) is 5. The normalized spacial score (nSPS) is 11.3. The van der Waals surface area contributed by atoms with Crippen molar-refractivity contribution in [3.05, 3.63) is 218 Å². The molecule has 0 radical (unpaired) electrons. The Hall–Kier alpha value is -8.41. The molecule has 0 fully saturated rings. The fraction of sp³-hybridized carbons (Fsp3) is 0. The van der Waals surface area contributed by atoms with Crippen molar-refractivity contribution < 1.29 is 4.42 Å². The van der Waals surface area contributed by atoms with Gasteiger partial charge in [-0.2, -0.15) is 0 Å². The van der Waals surface area contributed by atoms with Crippen molar-refractivity contribution in [3.63, 3.8) is 0 Å². The zero-order chi connectivity index (χ0) is 41.4. The maximum absolute atomic E-state index is 6.56. The zero-order valence-electron chi connectivity index (χ0n) is 33.6. The minimum atomic E-state index is 0.588. The van der Waals surface area contributed by atoms with Crippen molar-refractivity contribution in [1.29, 1.82) is 0 Å². The quantitative estimate of drug-likeness (QED) is 0.155. The second kappa shape index (κ2) is 15.6. The van der Waals surface area contributed by atoms with Gasteiger partial charge in [0, 0.05) is 38.9 Å². The molecule has 11 aromatic rings. The van der Waals surface area contributed by atoms with Crippen LogP contribution in [-0.4, -0.2) is 15.0 Å². The Labute approximate surface area is 359 Å². The van der Waals surface area contributed by atoms with Crippen LogP contribution in [-0.2, 0) is 0 Å². The van der Waals surface area contributed by atoms with Crippen LogP contribution in [0.5, 0.6) is 0 Å². The SMILES string of the molecule is Nc1cccc(-c2cccc(-c3nc(-c4ccccc4-c4cccc(-c5ccccc5-c5nc6ccc7ccccc7c6o5)c4)nc(-c4ccccc4)c3-c3ccccc3)c2)c1. The summed E-state index contributed by atoms with van der Waals surface area (Å²) in [4.78, 5) is 16.0. The van der Waals surface area contributed by atoms with E-state index in [1.165, 1.54) is 0 Å². The van der Waals surface area contributed by atoms with Gasteiger partial charge in [-0.05, 0) is 80.7 Å². The van der Waals surface area contributed by atoms with Crippen LogP contribution in [0.3, 0.4) is 0 Å². The lowest BCUT2D eigenvalue weighted by molar-refractivity contribution is 0.623. The van der Waals surface area contributed by atoms with Crippen molar-refractivity contribution in [2.45, 2.75) is 0 Å². The molecule has 0 aliphatic rings. The molecule has 5 heteroatoms. The molecule has 5 nitrogen and oxygen atoms in total. The summed E-state index contributed by atoms with van der Waals surface area (Å²) in [7, 11) is 0. The number of nitrogen functional groups attached to an aromatic ring is 1. The van der Waals surface area contributed by atoms with Crippen molar-refractivity contribution in [2.75, 3.05) is 5.73 Å². The molecule has 2 aromatic heterocycles. The molecule has 2 N–H and O–H groups in total. The summed E-state index contributed by atoms with van der Waals surface area (Å²) < 4.78 is 6.56. The maximum Gasteiger partial charge on any atom is 0.227 e. The highest BCUT2D eigenvalue weighted by Crippen LogP contribution is 2.43. The van der Waals surface area contributed by atoms with E-state index < -0.39 is 0 Å². The number of aromatic nitrogens is 3. The van der Waals surface area contributed by atoms with Crippen LogP contribution in [0, 0.1) is 0 Å². The van der Waals surface area contributed by atoms with Gasteiger partial charge in [0.25, 0.3) is 0 Å². The van der Waals surface area contributed by atoms with Crippen LogP contribution in [0.15, 0.2) is 223 Å². The molecule has 0 aliphatic carbocycles. The average molecular weight is 795 g/mol. The molecule has 0 saturated carbocycles. The summed E-state index contributed by atoms with van der Waals surface area (Å²) in [5, 5.41) is 2.17. The molecule has 292 valence electrons. The van der Waals surface area contributed by atoms with E-state index in [1.807, 2.05) is 54.6 Å². The molecule has 0 unspecified atom stereocenters. The summed E-state index contributed by atoms with van der Waals surface area (Å²) in [6.45, 7) is 0. The van der Waals surface area contributed by atoms with E-state index in [0.717, 1.165) is 106 Å². The van der Waals surface area contributed by atoms with Gasteiger partial charge in [0.1, 0.15) is 5.52 Å². The Morgan fingerprint density at radius 2 is 0.871 bits per heavy atom. The summed E-state index contributed by atoms with van der Waals surface area (Å²) in [5.41, 5.74) is 22.4. The Morgan fingerprint density at radius 1 is 0.355 bits per heavy atom. The standard InChI is InChI=1S/C57H38N4O/c58-45-26-15-22-41(36-45)40-21-13-25-44(34-40)54-52(38-17-3-1-4-18-38)53(39-19-5-2-6-20-39)60-56(61-54)49-30-11-9-27-46(49)42-23-14-24-43(35-42)47-28-10-12-31-50(47)57-59-51-33-32-37-16-7-8-29-48(37)55(51)62-57/h1-36H,58H2. The largest absolute Gasteiger partial charge is 0.435 e. The van der Waals surface area contributed by atoms with Gasteiger partial charge in [0.05, 0.1) is 11.4 Å². The monoisotopic (exact) mass is 794 g/mol. The maximum atomic E-state index is 6.56. The summed E-state index contributed by atoms with van der Waals surface area (Å²) in [6.07, 6.45) is 0. The molecule has 0 bridgehead atoms. The third-order valence-electron chi connectivity index (χ3n) is 11.5. The van der Waals surface area contributed by atoms with Crippen LogP contribution in [0.2, 0.25) is 0 Å². The fourth-order valence-corrected chi connectivity index (χ4v) is 8.51. The number of benzene rings is 9. The summed E-state index contributed by atoms with van der Waals surface area (Å²) in [6, 6.07) is 75.2. The zero-order valence-corrected chi connectivity index (χ0v) is 33.6. The number of rotatable bonds is 8. The predicted octanol–water partition coefficient (Wildman–Crippen LogP) is 14.7. The Bertz CT molecular complexity index is 3430. The van der Waals surface area contributed by atoms with Crippen molar-refractivity contribution in [1.82, 2.24) is 15.0 Å². The lowest BCUT2D eigenvalue weighted by Crippen LogP contribution is -2.02. The van der Waals surface area contributed by atoms with Gasteiger partial charge in [-0.1, -0.05) is 182 Å². The smallest absolute Gasteiger partial charge is 0.227 e. The molecule has 62 heavy (non-hydrogen) atoms. The van der Waals surface area contributed by atoms with Crippen LogP contribution in [0.1, 0.15) is 0 Å². The Kier molecular flexibility index (Phi) is 9.25. The Morgan fingerprint density at radius 3 is 1.60 bits per heavy atom. The fourth-order valence-electron chi connectivity index (χ4n) is 8.51. The lowest BCUT2D eigenvalue weighted by atomic mass is 9.91. The van der Waals surface area contributed by atoms with Crippen molar-refractivity contribution in [3.8, 4) is 89.9 Å². The number of oxazole rings is 1. The highest BCUT2D eigenvalue weighted by atomic mass is 16.3. The van der Waals surface area contributed by atoms with Gasteiger partial charge >= 0.3 is 0 Å². The molecule has 0 saturated heterocycles. The van der Waals surface area contributed by atoms with E-state index >= 15 is 0 Å². The van der Waals surface area contributed by atoms with Gasteiger partial charge in [0.15, 0.2) is 11.4 Å². The van der Waals surface area contributed by atoms with Crippen LogP contribution in [0.4, 0.5) is 5.69 Å². The molecule has 0 atom stereocenters. The molecular weight excluding hydrogens is 757 g/mol. The molecule has 11 rings (SSSR count). The van der Waals surface area contributed by atoms with E-state index in [-0.39, 0.29) is 0 Å². The van der Waals surface area contributed by atoms with Crippen LogP contribution < -0.4 is 5.73 Å². The third kappa shape index (κ3) is 6.78. The first-order valence-corrected chi connectivity index (χ1v) is 20.7. The predicted molar refractivity (Wildman–Crippen MR) is 255 cm³/mol. The number of fused-ring (bicyclic) bond motifs is 3. The minimum Gasteiger partial charge on any atom is -0.435 e. The Balaban J connectivity index is 1.08. The third-order valence-corrected chi connectivity index (χ3v) is 11.5. The number of nitrogens with zero attached hydrogens (tertiary/aromatic N) is 3. The number of hydrogen-bond donors (Lipinski definition) is 1. The minimum absolute atomic E-state index is 0.588. The molecule has 9 aromatic carbocycles. The van der Waals surface area contributed by atoms with Crippen LogP contribution >= 0.6 is 0 Å². The molecule has 2 heterocycles. The first kappa shape index (κ1) is 36.7. The van der Waals surface area contributed by atoms with Crippen molar-refractivity contribution >= 4 is 27.6 Å². The lowest BCUT2D eigenvalue weighted by Gasteiger charge is -2.19. The van der Waals surface area contributed by atoms with E-state index in [9.17, 15) is 0 Å². The highest BCUT2D eigenvalue weighted by Gasteiger charge is 2.22. The van der Waals surface area contributed by atoms with Gasteiger partial charge < -0.3 is 10.2 Å². The van der Waals surface area contributed by atoms with Gasteiger partial charge in [-0.25, -0.2) is 15.0 Å². The van der Waals surface area contributed by atoms with E-state index in [2.05, 4.69) is 164 Å². The van der Waals surface area contributed by atoms with E-state index in [1.54, 1.807) is 0 Å². The van der Waals surface area contributed by atoms with Gasteiger partial charge in [0.2, 0.25) is 5.89 Å². The van der Waals surface area contributed by atoms with Crippen LogP contribution in [0.25, 0.3) is 112 Å². The van der Waals surface area contributed by atoms with Crippen molar-refractivity contribution in [2.24, 2.45) is 0 Å². The van der Waals surface area contributed by atoms with Gasteiger partial charge in [-0.15, -0.1) is 0 Å². The van der Waals surface area contributed by atoms with E-state index in [0.29, 0.717) is 11.7 Å². The average Bonchev–Trinajstić information content (AvgIpc) is 3.80. The summed E-state index contributed by atoms with van der Waals surface area (Å²) in [5.74, 6) is 1.22. The molecule has 0 spiro atoms. The highest BCUT2D eigenvalue weighted by molar-refractivity contribution is 6.04. The second-order valence-electron chi connectivity index (χ2n) is 15.4. The number of anilines is 1.